The summed E-state index contributed by atoms with van der Waals surface area (Å²) in [7, 11) is 0. The smallest absolute Gasteiger partial charge is 0.325 e. The molecule has 0 spiro atoms. The van der Waals surface area contributed by atoms with E-state index in [1.807, 2.05) is 23.2 Å². The fourth-order valence-corrected chi connectivity index (χ4v) is 1.51. The summed E-state index contributed by atoms with van der Waals surface area (Å²) in [5.74, 6) is -0.235. The number of fused-ring (bicyclic) bond motifs is 1. The van der Waals surface area contributed by atoms with E-state index >= 15 is 0 Å². The maximum Gasteiger partial charge on any atom is 0.325 e. The molecule has 5 nitrogen and oxygen atoms in total. The van der Waals surface area contributed by atoms with E-state index < -0.39 is 0 Å². The Morgan fingerprint density at radius 1 is 1.62 bits per heavy atom. The zero-order valence-corrected chi connectivity index (χ0v) is 9.09. The average molecular weight is 219 g/mol. The quantitative estimate of drug-likeness (QED) is 0.629. The lowest BCUT2D eigenvalue weighted by Gasteiger charge is -2.18. The number of pyridine rings is 1. The summed E-state index contributed by atoms with van der Waals surface area (Å²) < 4.78 is 4.87. The lowest BCUT2D eigenvalue weighted by molar-refractivity contribution is -0.143. The van der Waals surface area contributed by atoms with E-state index in [9.17, 15) is 4.79 Å². The minimum atomic E-state index is -0.235. The van der Waals surface area contributed by atoms with Crippen LogP contribution in [-0.2, 0) is 9.53 Å². The highest BCUT2D eigenvalue weighted by atomic mass is 16.5. The molecule has 1 aliphatic rings. The number of hydrogen-bond acceptors (Lipinski definition) is 5. The molecule has 0 saturated heterocycles. The average Bonchev–Trinajstić information content (AvgIpc) is 2.29. The first-order chi connectivity index (χ1) is 7.79. The molecule has 5 heteroatoms. The van der Waals surface area contributed by atoms with Gasteiger partial charge >= 0.3 is 5.97 Å². The first kappa shape index (κ1) is 10.6. The summed E-state index contributed by atoms with van der Waals surface area (Å²) in [6, 6.07) is 3.77. The highest BCUT2D eigenvalue weighted by Gasteiger charge is 2.09. The van der Waals surface area contributed by atoms with Crippen LogP contribution >= 0.6 is 0 Å². The molecule has 0 bridgehead atoms. The van der Waals surface area contributed by atoms with Crippen molar-refractivity contribution in [1.29, 1.82) is 0 Å². The normalized spacial score (nSPS) is 13.4. The number of ether oxygens (including phenoxy) is 1. The highest BCUT2D eigenvalue weighted by Crippen LogP contribution is 1.93. The minimum Gasteiger partial charge on any atom is -0.465 e. The van der Waals surface area contributed by atoms with Crippen LogP contribution in [0.25, 0.3) is 6.20 Å². The molecule has 0 aromatic carbocycles. The number of esters is 1. The summed E-state index contributed by atoms with van der Waals surface area (Å²) in [6.07, 6.45) is 3.59. The predicted octanol–water partition coefficient (Wildman–Crippen LogP) is -0.725. The standard InChI is InChI=1S/C11H13N3O2/c1-2-16-10(15)7-14-6-9-4-3-5-12-11(9)13-8-14/h3-6H,2,7-8H2,1H3. The van der Waals surface area contributed by atoms with E-state index in [4.69, 9.17) is 4.74 Å². The Labute approximate surface area is 93.1 Å². The van der Waals surface area contributed by atoms with Gasteiger partial charge in [0.1, 0.15) is 13.2 Å². The number of carbonyl (C=O) groups excluding carboxylic acids is 1. The first-order valence-corrected chi connectivity index (χ1v) is 5.16. The van der Waals surface area contributed by atoms with E-state index in [1.165, 1.54) is 0 Å². The zero-order chi connectivity index (χ0) is 11.4. The van der Waals surface area contributed by atoms with Crippen LogP contribution in [0.5, 0.6) is 0 Å². The summed E-state index contributed by atoms with van der Waals surface area (Å²) in [5, 5.41) is 0.929. The van der Waals surface area contributed by atoms with E-state index in [1.54, 1.807) is 13.1 Å². The first-order valence-electron chi connectivity index (χ1n) is 5.16. The monoisotopic (exact) mass is 219 g/mol. The van der Waals surface area contributed by atoms with Gasteiger partial charge in [-0.2, -0.15) is 0 Å². The number of rotatable bonds is 3. The van der Waals surface area contributed by atoms with Crippen LogP contribution in [0.3, 0.4) is 0 Å². The predicted molar refractivity (Wildman–Crippen MR) is 57.7 cm³/mol. The second-order valence-electron chi connectivity index (χ2n) is 3.40. The molecule has 2 heterocycles. The molecule has 1 aromatic heterocycles. The van der Waals surface area contributed by atoms with Crippen LogP contribution in [0.15, 0.2) is 23.3 Å². The fourth-order valence-electron chi connectivity index (χ4n) is 1.51. The van der Waals surface area contributed by atoms with Crippen molar-refractivity contribution in [3.05, 3.63) is 29.0 Å². The maximum absolute atomic E-state index is 11.3. The van der Waals surface area contributed by atoms with Crippen molar-refractivity contribution in [1.82, 2.24) is 9.88 Å². The van der Waals surface area contributed by atoms with Crippen LogP contribution in [0.4, 0.5) is 0 Å². The van der Waals surface area contributed by atoms with Crippen molar-refractivity contribution in [2.24, 2.45) is 4.99 Å². The number of aromatic nitrogens is 1. The molecule has 1 aromatic rings. The van der Waals surface area contributed by atoms with Crippen LogP contribution in [0, 0.1) is 0 Å². The van der Waals surface area contributed by atoms with Crippen molar-refractivity contribution >= 4 is 12.2 Å². The molecule has 0 saturated carbocycles. The molecule has 0 aliphatic carbocycles. The SMILES string of the molecule is CCOC(=O)CN1C=c2cccnc2=NC1. The van der Waals surface area contributed by atoms with Gasteiger partial charge in [-0.15, -0.1) is 0 Å². The van der Waals surface area contributed by atoms with Gasteiger partial charge in [-0.25, -0.2) is 9.98 Å². The van der Waals surface area contributed by atoms with Gasteiger partial charge in [-0.1, -0.05) is 0 Å². The fraction of sp³-hybridized carbons (Fsp3) is 0.364. The topological polar surface area (TPSA) is 54.8 Å². The van der Waals surface area contributed by atoms with Gasteiger partial charge in [-0.3, -0.25) is 4.79 Å². The third-order valence-electron chi connectivity index (χ3n) is 2.18. The van der Waals surface area contributed by atoms with Crippen molar-refractivity contribution in [3.8, 4) is 0 Å². The van der Waals surface area contributed by atoms with Gasteiger partial charge in [0, 0.05) is 17.6 Å². The van der Waals surface area contributed by atoms with Crippen LogP contribution in [0.2, 0.25) is 0 Å². The molecule has 0 unspecified atom stereocenters. The Morgan fingerprint density at radius 2 is 2.50 bits per heavy atom. The molecule has 0 amide bonds. The second kappa shape index (κ2) is 4.74. The third-order valence-corrected chi connectivity index (χ3v) is 2.18. The van der Waals surface area contributed by atoms with Crippen molar-refractivity contribution in [3.63, 3.8) is 0 Å². The summed E-state index contributed by atoms with van der Waals surface area (Å²) in [6.45, 7) is 2.87. The van der Waals surface area contributed by atoms with Crippen molar-refractivity contribution < 1.29 is 9.53 Å². The van der Waals surface area contributed by atoms with Crippen LogP contribution in [-0.4, -0.2) is 35.7 Å². The third kappa shape index (κ3) is 2.36. The molecule has 2 rings (SSSR count). The zero-order valence-electron chi connectivity index (χ0n) is 9.09. The lowest BCUT2D eigenvalue weighted by Crippen LogP contribution is -2.39. The van der Waals surface area contributed by atoms with Crippen LogP contribution < -0.4 is 10.7 Å². The Morgan fingerprint density at radius 3 is 3.31 bits per heavy atom. The molecular formula is C11H13N3O2. The highest BCUT2D eigenvalue weighted by molar-refractivity contribution is 5.72. The van der Waals surface area contributed by atoms with Crippen molar-refractivity contribution in [2.75, 3.05) is 19.8 Å². The van der Waals surface area contributed by atoms with E-state index in [0.717, 1.165) is 10.7 Å². The Bertz CT molecular complexity index is 498. The van der Waals surface area contributed by atoms with E-state index in [2.05, 4.69) is 9.98 Å². The molecule has 0 atom stereocenters. The van der Waals surface area contributed by atoms with Crippen LogP contribution in [0.1, 0.15) is 6.92 Å². The summed E-state index contributed by atoms with van der Waals surface area (Å²) in [5.41, 5.74) is 0.725. The molecule has 1 aliphatic heterocycles. The Kier molecular flexibility index (Phi) is 3.14. The number of carbonyl (C=O) groups is 1. The number of nitrogens with zero attached hydrogens (tertiary/aromatic N) is 3. The second-order valence-corrected chi connectivity index (χ2v) is 3.40. The molecule has 0 radical (unpaired) electrons. The number of hydrogen-bond donors (Lipinski definition) is 0. The van der Waals surface area contributed by atoms with Gasteiger partial charge < -0.3 is 9.64 Å². The van der Waals surface area contributed by atoms with Gasteiger partial charge in [0.2, 0.25) is 0 Å². The largest absolute Gasteiger partial charge is 0.465 e. The molecule has 0 N–H and O–H groups in total. The molecular weight excluding hydrogens is 206 g/mol. The molecule has 0 fully saturated rings. The van der Waals surface area contributed by atoms with Gasteiger partial charge in [-0.05, 0) is 19.1 Å². The Hall–Kier alpha value is -1.91. The summed E-state index contributed by atoms with van der Waals surface area (Å²) >= 11 is 0. The lowest BCUT2D eigenvalue weighted by atomic mass is 10.3. The molecule has 16 heavy (non-hydrogen) atoms. The maximum atomic E-state index is 11.3. The van der Waals surface area contributed by atoms with Gasteiger partial charge in [0.25, 0.3) is 0 Å². The van der Waals surface area contributed by atoms with E-state index in [-0.39, 0.29) is 12.5 Å². The Balaban J connectivity index is 2.12. The minimum absolute atomic E-state index is 0.228. The molecule has 84 valence electrons. The van der Waals surface area contributed by atoms with Gasteiger partial charge in [0.15, 0.2) is 5.49 Å². The van der Waals surface area contributed by atoms with Gasteiger partial charge in [0.05, 0.1) is 6.61 Å². The summed E-state index contributed by atoms with van der Waals surface area (Å²) in [4.78, 5) is 21.5. The van der Waals surface area contributed by atoms with Crippen molar-refractivity contribution in [2.45, 2.75) is 6.92 Å². The van der Waals surface area contributed by atoms with E-state index in [0.29, 0.717) is 13.3 Å².